The summed E-state index contributed by atoms with van der Waals surface area (Å²) < 4.78 is 4.89. The van der Waals surface area contributed by atoms with Gasteiger partial charge in [0.2, 0.25) is 5.91 Å². The lowest BCUT2D eigenvalue weighted by Crippen LogP contribution is -2.57. The summed E-state index contributed by atoms with van der Waals surface area (Å²) in [5.74, 6) is -1.41. The Morgan fingerprint density at radius 1 is 1.32 bits per heavy atom. The van der Waals surface area contributed by atoms with Crippen LogP contribution in [-0.2, 0) is 14.3 Å². The number of rotatable bonds is 4. The first-order valence-electron chi connectivity index (χ1n) is 6.19. The first kappa shape index (κ1) is 13.5. The Labute approximate surface area is 111 Å². The van der Waals surface area contributed by atoms with Gasteiger partial charge in [-0.2, -0.15) is 0 Å². The van der Waals surface area contributed by atoms with E-state index in [0.717, 1.165) is 5.56 Å². The predicted molar refractivity (Wildman–Crippen MR) is 70.0 cm³/mol. The zero-order valence-electron chi connectivity index (χ0n) is 11.0. The van der Waals surface area contributed by atoms with Gasteiger partial charge in [-0.1, -0.05) is 32.0 Å². The lowest BCUT2D eigenvalue weighted by Gasteiger charge is -2.35. The van der Waals surface area contributed by atoms with Gasteiger partial charge in [-0.3, -0.25) is 9.59 Å². The molecule has 2 N–H and O–H groups in total. The Hall–Kier alpha value is -1.88. The van der Waals surface area contributed by atoms with Crippen molar-refractivity contribution in [3.63, 3.8) is 0 Å². The van der Waals surface area contributed by atoms with Gasteiger partial charge in [0.15, 0.2) is 5.41 Å². The van der Waals surface area contributed by atoms with Gasteiger partial charge >= 0.3 is 5.97 Å². The average Bonchev–Trinajstić information content (AvgIpc) is 2.27. The normalized spacial score (nSPS) is 16.8. The molecule has 5 nitrogen and oxygen atoms in total. The Bertz CT molecular complexity index is 506. The SMILES string of the molecule is CC(C)c1ccccc1NC(=O)C1(C(=O)O)COC1. The molecular weight excluding hydrogens is 246 g/mol. The zero-order chi connectivity index (χ0) is 14.0. The summed E-state index contributed by atoms with van der Waals surface area (Å²) in [5, 5.41) is 11.9. The maximum Gasteiger partial charge on any atom is 0.324 e. The third kappa shape index (κ3) is 2.33. The van der Waals surface area contributed by atoms with Crippen molar-refractivity contribution in [3.8, 4) is 0 Å². The van der Waals surface area contributed by atoms with Crippen LogP contribution in [0.15, 0.2) is 24.3 Å². The van der Waals surface area contributed by atoms with Gasteiger partial charge < -0.3 is 15.2 Å². The topological polar surface area (TPSA) is 75.6 Å². The Balaban J connectivity index is 2.22. The maximum atomic E-state index is 12.2. The largest absolute Gasteiger partial charge is 0.480 e. The fourth-order valence-electron chi connectivity index (χ4n) is 2.01. The number of hydrogen-bond acceptors (Lipinski definition) is 3. The van der Waals surface area contributed by atoms with E-state index in [9.17, 15) is 9.59 Å². The van der Waals surface area contributed by atoms with Gasteiger partial charge in [-0.25, -0.2) is 0 Å². The number of nitrogens with one attached hydrogen (secondary N) is 1. The minimum absolute atomic E-state index is 0.0714. The van der Waals surface area contributed by atoms with Gasteiger partial charge in [-0.15, -0.1) is 0 Å². The van der Waals surface area contributed by atoms with E-state index in [2.05, 4.69) is 5.32 Å². The number of carbonyl (C=O) groups excluding carboxylic acids is 1. The van der Waals surface area contributed by atoms with E-state index < -0.39 is 17.3 Å². The number of carbonyl (C=O) groups is 2. The standard InChI is InChI=1S/C14H17NO4/c1-9(2)10-5-3-4-6-11(10)15-12(16)14(13(17)18)7-19-8-14/h3-6,9H,7-8H2,1-2H3,(H,15,16)(H,17,18). The minimum atomic E-state index is -1.44. The van der Waals surface area contributed by atoms with Crippen molar-refractivity contribution in [1.82, 2.24) is 0 Å². The first-order chi connectivity index (χ1) is 8.97. The van der Waals surface area contributed by atoms with E-state index in [0.29, 0.717) is 5.69 Å². The lowest BCUT2D eigenvalue weighted by molar-refractivity contribution is -0.182. The molecule has 0 spiro atoms. The van der Waals surface area contributed by atoms with Gasteiger partial charge in [-0.05, 0) is 17.5 Å². The third-order valence-corrected chi connectivity index (χ3v) is 3.37. The van der Waals surface area contributed by atoms with Crippen LogP contribution in [0.25, 0.3) is 0 Å². The van der Waals surface area contributed by atoms with Crippen molar-refractivity contribution in [2.24, 2.45) is 5.41 Å². The van der Waals surface area contributed by atoms with E-state index in [-0.39, 0.29) is 19.1 Å². The van der Waals surface area contributed by atoms with Crippen LogP contribution >= 0.6 is 0 Å². The highest BCUT2D eigenvalue weighted by atomic mass is 16.5. The van der Waals surface area contributed by atoms with E-state index in [4.69, 9.17) is 9.84 Å². The molecule has 1 fully saturated rings. The number of anilines is 1. The van der Waals surface area contributed by atoms with Crippen LogP contribution in [0.1, 0.15) is 25.3 Å². The molecule has 5 heteroatoms. The molecule has 0 bridgehead atoms. The van der Waals surface area contributed by atoms with Crippen LogP contribution < -0.4 is 5.32 Å². The molecule has 0 saturated carbocycles. The van der Waals surface area contributed by atoms with Crippen LogP contribution in [0, 0.1) is 5.41 Å². The van der Waals surface area contributed by atoms with E-state index in [1.807, 2.05) is 32.0 Å². The smallest absolute Gasteiger partial charge is 0.324 e. The zero-order valence-corrected chi connectivity index (χ0v) is 11.0. The molecule has 0 aliphatic carbocycles. The van der Waals surface area contributed by atoms with E-state index in [1.54, 1.807) is 6.07 Å². The van der Waals surface area contributed by atoms with E-state index in [1.165, 1.54) is 0 Å². The molecular formula is C14H17NO4. The van der Waals surface area contributed by atoms with Crippen molar-refractivity contribution in [2.45, 2.75) is 19.8 Å². The summed E-state index contributed by atoms with van der Waals surface area (Å²) in [6.07, 6.45) is 0. The average molecular weight is 263 g/mol. The number of carboxylic acid groups (broad SMARTS) is 1. The fourth-order valence-corrected chi connectivity index (χ4v) is 2.01. The number of aliphatic carboxylic acids is 1. The maximum absolute atomic E-state index is 12.2. The summed E-state index contributed by atoms with van der Waals surface area (Å²) in [4.78, 5) is 23.4. The van der Waals surface area contributed by atoms with Crippen molar-refractivity contribution < 1.29 is 19.4 Å². The minimum Gasteiger partial charge on any atom is -0.480 e. The summed E-state index contributed by atoms with van der Waals surface area (Å²) >= 11 is 0. The Morgan fingerprint density at radius 3 is 2.42 bits per heavy atom. The molecule has 1 aromatic rings. The molecule has 1 heterocycles. The quantitative estimate of drug-likeness (QED) is 0.813. The van der Waals surface area contributed by atoms with Crippen molar-refractivity contribution in [3.05, 3.63) is 29.8 Å². The highest BCUT2D eigenvalue weighted by Crippen LogP contribution is 2.31. The number of ether oxygens (including phenoxy) is 1. The molecule has 1 saturated heterocycles. The number of carboxylic acids is 1. The number of benzene rings is 1. The summed E-state index contributed by atoms with van der Waals surface area (Å²) in [7, 11) is 0. The van der Waals surface area contributed by atoms with Gasteiger partial charge in [0.1, 0.15) is 0 Å². The fraction of sp³-hybridized carbons (Fsp3) is 0.429. The molecule has 1 aliphatic rings. The molecule has 1 aromatic carbocycles. The Kier molecular flexibility index (Phi) is 3.57. The molecule has 19 heavy (non-hydrogen) atoms. The van der Waals surface area contributed by atoms with Crippen LogP contribution in [-0.4, -0.2) is 30.2 Å². The lowest BCUT2D eigenvalue weighted by atomic mass is 9.84. The van der Waals surface area contributed by atoms with Crippen molar-refractivity contribution >= 4 is 17.6 Å². The van der Waals surface area contributed by atoms with Crippen LogP contribution in [0.3, 0.4) is 0 Å². The van der Waals surface area contributed by atoms with Crippen LogP contribution in [0.2, 0.25) is 0 Å². The van der Waals surface area contributed by atoms with Crippen LogP contribution in [0.4, 0.5) is 5.69 Å². The number of para-hydroxylation sites is 1. The first-order valence-corrected chi connectivity index (χ1v) is 6.19. The third-order valence-electron chi connectivity index (χ3n) is 3.37. The molecule has 0 radical (unpaired) electrons. The van der Waals surface area contributed by atoms with E-state index >= 15 is 0 Å². The second-order valence-corrected chi connectivity index (χ2v) is 5.08. The van der Waals surface area contributed by atoms with Gasteiger partial charge in [0.25, 0.3) is 0 Å². The summed E-state index contributed by atoms with van der Waals surface area (Å²) in [6.45, 7) is 3.89. The van der Waals surface area contributed by atoms with Crippen molar-refractivity contribution in [2.75, 3.05) is 18.5 Å². The van der Waals surface area contributed by atoms with Gasteiger partial charge in [0.05, 0.1) is 13.2 Å². The molecule has 0 aromatic heterocycles. The Morgan fingerprint density at radius 2 is 1.95 bits per heavy atom. The molecule has 2 rings (SSSR count). The molecule has 1 aliphatic heterocycles. The highest BCUT2D eigenvalue weighted by Gasteiger charge is 2.53. The number of hydrogen-bond donors (Lipinski definition) is 2. The van der Waals surface area contributed by atoms with Crippen LogP contribution in [0.5, 0.6) is 0 Å². The predicted octanol–water partition coefficient (Wildman–Crippen LogP) is 1.85. The summed E-state index contributed by atoms with van der Waals surface area (Å²) in [6, 6.07) is 7.41. The second kappa shape index (κ2) is 5.01. The molecule has 1 amide bonds. The molecule has 102 valence electrons. The monoisotopic (exact) mass is 263 g/mol. The molecule has 0 unspecified atom stereocenters. The summed E-state index contributed by atoms with van der Waals surface area (Å²) in [5.41, 5.74) is 0.205. The highest BCUT2D eigenvalue weighted by molar-refractivity contribution is 6.09. The molecule has 0 atom stereocenters. The van der Waals surface area contributed by atoms with Gasteiger partial charge in [0, 0.05) is 5.69 Å². The number of amides is 1. The second-order valence-electron chi connectivity index (χ2n) is 5.08. The van der Waals surface area contributed by atoms with Crippen molar-refractivity contribution in [1.29, 1.82) is 0 Å².